The largest absolute Gasteiger partial charge is 0.461 e. The Morgan fingerprint density at radius 3 is 2.74 bits per heavy atom. The van der Waals surface area contributed by atoms with Crippen molar-refractivity contribution in [2.75, 3.05) is 0 Å². The second-order valence-corrected chi connectivity index (χ2v) is 7.36. The van der Waals surface area contributed by atoms with Crippen molar-refractivity contribution < 1.29 is 19.0 Å². The van der Waals surface area contributed by atoms with Crippen LogP contribution in [0.25, 0.3) is 0 Å². The number of ether oxygens (including phenoxy) is 3. The SMILES string of the molecule is B[C@@H]1OC2C(C(=O)OCc3ccccc3)CC(C)C1OC2(C)C. The summed E-state index contributed by atoms with van der Waals surface area (Å²) >= 11 is 0. The number of hydrogen-bond donors (Lipinski definition) is 0. The molecule has 0 aromatic heterocycles. The maximum atomic E-state index is 12.7. The lowest BCUT2D eigenvalue weighted by molar-refractivity contribution is -0.242. The highest BCUT2D eigenvalue weighted by molar-refractivity contribution is 6.11. The fourth-order valence-electron chi connectivity index (χ4n) is 3.86. The van der Waals surface area contributed by atoms with Crippen molar-refractivity contribution in [2.24, 2.45) is 11.8 Å². The Balaban J connectivity index is 1.74. The number of fused-ring (bicyclic) bond motifs is 4. The van der Waals surface area contributed by atoms with Crippen LogP contribution in [0.5, 0.6) is 0 Å². The van der Waals surface area contributed by atoms with Gasteiger partial charge in [0.05, 0.1) is 29.7 Å². The molecule has 5 atom stereocenters. The molecule has 23 heavy (non-hydrogen) atoms. The zero-order valence-electron chi connectivity index (χ0n) is 14.3. The normalized spacial score (nSPS) is 35.5. The fourth-order valence-corrected chi connectivity index (χ4v) is 3.86. The van der Waals surface area contributed by atoms with Crippen LogP contribution in [0.15, 0.2) is 30.3 Å². The lowest BCUT2D eigenvalue weighted by Gasteiger charge is -2.45. The minimum absolute atomic E-state index is 0.00921. The molecule has 1 aromatic rings. The van der Waals surface area contributed by atoms with Crippen LogP contribution < -0.4 is 0 Å². The molecule has 0 saturated carbocycles. The topological polar surface area (TPSA) is 44.8 Å². The molecule has 3 saturated heterocycles. The molecule has 2 bridgehead atoms. The van der Waals surface area contributed by atoms with Crippen LogP contribution in [-0.4, -0.2) is 37.6 Å². The number of carbonyl (C=O) groups excluding carboxylic acids is 1. The van der Waals surface area contributed by atoms with Crippen molar-refractivity contribution in [1.29, 1.82) is 0 Å². The van der Waals surface area contributed by atoms with Crippen molar-refractivity contribution >= 4 is 13.8 Å². The van der Waals surface area contributed by atoms with Crippen LogP contribution in [0.3, 0.4) is 0 Å². The summed E-state index contributed by atoms with van der Waals surface area (Å²) in [6.07, 6.45) is 0.520. The summed E-state index contributed by atoms with van der Waals surface area (Å²) in [6, 6.07) is 9.77. The van der Waals surface area contributed by atoms with Crippen LogP contribution in [0.1, 0.15) is 32.8 Å². The van der Waals surface area contributed by atoms with E-state index in [4.69, 9.17) is 14.2 Å². The monoisotopic (exact) mass is 316 g/mol. The molecule has 124 valence electrons. The zero-order valence-corrected chi connectivity index (χ0v) is 14.3. The standard InChI is InChI=1S/C18H25BO4/c1-11-9-13(15-18(2,3)23-14(11)16(19)22-15)17(20)21-10-12-7-5-4-6-8-12/h4-8,11,13-16H,9-10,19H2,1-3H3/t11?,13?,14?,15?,16-/m1/s1. The summed E-state index contributed by atoms with van der Waals surface area (Å²) in [7, 11) is 2.03. The first-order valence-electron chi connectivity index (χ1n) is 8.42. The Morgan fingerprint density at radius 2 is 2.04 bits per heavy atom. The lowest BCUT2D eigenvalue weighted by atomic mass is 9.84. The summed E-state index contributed by atoms with van der Waals surface area (Å²) in [5, 5.41) is 0. The molecule has 0 N–H and O–H groups in total. The van der Waals surface area contributed by atoms with Crippen molar-refractivity contribution in [3.63, 3.8) is 0 Å². The van der Waals surface area contributed by atoms with Gasteiger partial charge >= 0.3 is 5.97 Å². The van der Waals surface area contributed by atoms with Gasteiger partial charge in [0.2, 0.25) is 0 Å². The van der Waals surface area contributed by atoms with Gasteiger partial charge < -0.3 is 14.2 Å². The highest BCUT2D eigenvalue weighted by Gasteiger charge is 2.53. The summed E-state index contributed by atoms with van der Waals surface area (Å²) in [5.74, 6) is -0.193. The third-order valence-corrected chi connectivity index (χ3v) is 5.03. The molecule has 4 rings (SSSR count). The average molecular weight is 316 g/mol. The summed E-state index contributed by atoms with van der Waals surface area (Å²) in [4.78, 5) is 12.7. The number of benzene rings is 1. The van der Waals surface area contributed by atoms with E-state index in [1.54, 1.807) is 0 Å². The highest BCUT2D eigenvalue weighted by atomic mass is 16.6. The van der Waals surface area contributed by atoms with Crippen LogP contribution in [0, 0.1) is 11.8 Å². The van der Waals surface area contributed by atoms with Crippen molar-refractivity contribution in [1.82, 2.24) is 0 Å². The Hall–Kier alpha value is -1.33. The molecule has 4 nitrogen and oxygen atoms in total. The van der Waals surface area contributed by atoms with Crippen LogP contribution in [-0.2, 0) is 25.6 Å². The molecule has 0 spiro atoms. The highest BCUT2D eigenvalue weighted by Crippen LogP contribution is 2.43. The van der Waals surface area contributed by atoms with Crippen molar-refractivity contribution in [3.05, 3.63) is 35.9 Å². The van der Waals surface area contributed by atoms with Gasteiger partial charge in [0, 0.05) is 0 Å². The Kier molecular flexibility index (Phi) is 4.52. The first kappa shape index (κ1) is 16.5. The molecule has 3 heterocycles. The number of esters is 1. The van der Waals surface area contributed by atoms with Crippen molar-refractivity contribution in [3.8, 4) is 0 Å². The molecular formula is C18H25BO4. The van der Waals surface area contributed by atoms with Gasteiger partial charge in [0.15, 0.2) is 0 Å². The van der Waals surface area contributed by atoms with E-state index in [0.717, 1.165) is 12.0 Å². The molecule has 0 radical (unpaired) electrons. The van der Waals surface area contributed by atoms with Gasteiger partial charge in [-0.25, -0.2) is 0 Å². The molecule has 3 aliphatic heterocycles. The lowest BCUT2D eigenvalue weighted by Crippen LogP contribution is -2.56. The predicted molar refractivity (Wildman–Crippen MR) is 89.7 cm³/mol. The van der Waals surface area contributed by atoms with Crippen LogP contribution in [0.4, 0.5) is 0 Å². The molecule has 1 aromatic carbocycles. The summed E-state index contributed by atoms with van der Waals surface area (Å²) < 4.78 is 18.0. The van der Waals surface area contributed by atoms with Gasteiger partial charge in [-0.1, -0.05) is 37.3 Å². The maximum absolute atomic E-state index is 12.7. The summed E-state index contributed by atoms with van der Waals surface area (Å²) in [5.41, 5.74) is 0.523. The predicted octanol–water partition coefficient (Wildman–Crippen LogP) is 1.91. The van der Waals surface area contributed by atoms with E-state index in [0.29, 0.717) is 6.61 Å². The minimum atomic E-state index is -0.474. The van der Waals surface area contributed by atoms with Gasteiger partial charge in [0.1, 0.15) is 14.5 Å². The van der Waals surface area contributed by atoms with Gasteiger partial charge in [0.25, 0.3) is 0 Å². The minimum Gasteiger partial charge on any atom is -0.461 e. The van der Waals surface area contributed by atoms with E-state index in [2.05, 4.69) is 6.92 Å². The Labute approximate surface area is 138 Å². The number of carbonyl (C=O) groups is 1. The third kappa shape index (κ3) is 3.31. The summed E-state index contributed by atoms with van der Waals surface area (Å²) in [6.45, 7) is 6.45. The molecule has 0 amide bonds. The first-order chi connectivity index (χ1) is 10.9. The second kappa shape index (κ2) is 6.29. The van der Waals surface area contributed by atoms with E-state index in [9.17, 15) is 4.79 Å². The Morgan fingerprint density at radius 1 is 1.35 bits per heavy atom. The van der Waals surface area contributed by atoms with Gasteiger partial charge in [-0.3, -0.25) is 4.79 Å². The van der Waals surface area contributed by atoms with E-state index >= 15 is 0 Å². The third-order valence-electron chi connectivity index (χ3n) is 5.03. The van der Waals surface area contributed by atoms with Crippen molar-refractivity contribution in [2.45, 2.75) is 57.6 Å². The fraction of sp³-hybridized carbons (Fsp3) is 0.611. The molecule has 3 aliphatic rings. The van der Waals surface area contributed by atoms with Crippen LogP contribution >= 0.6 is 0 Å². The van der Waals surface area contributed by atoms with E-state index in [1.165, 1.54) is 0 Å². The first-order valence-corrected chi connectivity index (χ1v) is 8.42. The average Bonchev–Trinajstić information content (AvgIpc) is 2.70. The van der Waals surface area contributed by atoms with Gasteiger partial charge in [-0.2, -0.15) is 0 Å². The quantitative estimate of drug-likeness (QED) is 0.631. The second-order valence-electron chi connectivity index (χ2n) is 7.36. The smallest absolute Gasteiger partial charge is 0.312 e. The van der Waals surface area contributed by atoms with Crippen LogP contribution in [0.2, 0.25) is 0 Å². The molecule has 4 unspecified atom stereocenters. The number of rotatable bonds is 3. The molecule has 3 fully saturated rings. The van der Waals surface area contributed by atoms with E-state index in [-0.39, 0.29) is 36.0 Å². The Bertz CT molecular complexity index is 559. The van der Waals surface area contributed by atoms with E-state index in [1.807, 2.05) is 52.0 Å². The van der Waals surface area contributed by atoms with Gasteiger partial charge in [-0.05, 0) is 31.7 Å². The van der Waals surface area contributed by atoms with Gasteiger partial charge in [-0.15, -0.1) is 0 Å². The number of hydrogen-bond acceptors (Lipinski definition) is 4. The maximum Gasteiger partial charge on any atom is 0.312 e. The zero-order chi connectivity index (χ0) is 16.6. The molecule has 0 aliphatic carbocycles. The molecular weight excluding hydrogens is 291 g/mol. The molecule has 5 heteroatoms. The van der Waals surface area contributed by atoms with E-state index < -0.39 is 5.60 Å².